The molecule has 82 valence electrons. The highest BCUT2D eigenvalue weighted by atomic mass is 35.5. The van der Waals surface area contributed by atoms with Gasteiger partial charge in [0.15, 0.2) is 0 Å². The Morgan fingerprint density at radius 2 is 2.07 bits per heavy atom. The van der Waals surface area contributed by atoms with Crippen LogP contribution in [0, 0.1) is 11.8 Å². The maximum Gasteiger partial charge on any atom is 0.0406 e. The minimum absolute atomic E-state index is 0.404. The summed E-state index contributed by atoms with van der Waals surface area (Å²) in [6.07, 6.45) is 2.28. The lowest BCUT2D eigenvalue weighted by atomic mass is 10.0. The third-order valence-corrected chi connectivity index (χ3v) is 3.52. The number of hydrogen-bond donors (Lipinski definition) is 2. The van der Waals surface area contributed by atoms with Crippen LogP contribution in [0.3, 0.4) is 0 Å². The van der Waals surface area contributed by atoms with Crippen LogP contribution in [0.2, 0.25) is 5.02 Å². The van der Waals surface area contributed by atoms with Gasteiger partial charge in [-0.15, -0.1) is 0 Å². The molecule has 2 rings (SSSR count). The summed E-state index contributed by atoms with van der Waals surface area (Å²) in [5, 5.41) is 0.788. The van der Waals surface area contributed by atoms with Crippen LogP contribution in [0.4, 0.5) is 0 Å². The fourth-order valence-electron chi connectivity index (χ4n) is 2.12. The van der Waals surface area contributed by atoms with Crippen LogP contribution < -0.4 is 11.3 Å². The molecule has 0 amide bonds. The summed E-state index contributed by atoms with van der Waals surface area (Å²) in [5.41, 5.74) is 4.22. The van der Waals surface area contributed by atoms with Gasteiger partial charge in [-0.1, -0.05) is 30.7 Å². The van der Waals surface area contributed by atoms with Crippen molar-refractivity contribution in [1.29, 1.82) is 0 Å². The second kappa shape index (κ2) is 4.52. The Hall–Kier alpha value is -0.570. The summed E-state index contributed by atoms with van der Waals surface area (Å²) in [4.78, 5) is 0. The van der Waals surface area contributed by atoms with E-state index in [9.17, 15) is 0 Å². The average Bonchev–Trinajstić information content (AvgIpc) is 2.95. The minimum atomic E-state index is 0.404. The van der Waals surface area contributed by atoms with Crippen molar-refractivity contribution in [2.75, 3.05) is 0 Å². The van der Waals surface area contributed by atoms with Crippen molar-refractivity contribution in [2.24, 2.45) is 17.7 Å². The number of hydrogen-bond acceptors (Lipinski definition) is 2. The molecule has 1 saturated carbocycles. The Bertz CT molecular complexity index is 323. The first-order chi connectivity index (χ1) is 7.20. The van der Waals surface area contributed by atoms with E-state index in [4.69, 9.17) is 17.4 Å². The predicted molar refractivity (Wildman–Crippen MR) is 63.5 cm³/mol. The van der Waals surface area contributed by atoms with Crippen molar-refractivity contribution in [1.82, 2.24) is 5.43 Å². The van der Waals surface area contributed by atoms with Crippen molar-refractivity contribution in [3.8, 4) is 0 Å². The van der Waals surface area contributed by atoms with Gasteiger partial charge in [0.05, 0.1) is 0 Å². The van der Waals surface area contributed by atoms with Gasteiger partial charge in [-0.05, 0) is 42.4 Å². The zero-order valence-electron chi connectivity index (χ0n) is 8.91. The summed E-state index contributed by atoms with van der Waals surface area (Å²) >= 11 is 5.84. The molecule has 0 saturated heterocycles. The third kappa shape index (κ3) is 2.71. The van der Waals surface area contributed by atoms with Gasteiger partial charge >= 0.3 is 0 Å². The van der Waals surface area contributed by atoms with E-state index in [1.54, 1.807) is 0 Å². The van der Waals surface area contributed by atoms with Crippen LogP contribution in [-0.4, -0.2) is 6.04 Å². The van der Waals surface area contributed by atoms with E-state index >= 15 is 0 Å². The lowest BCUT2D eigenvalue weighted by Crippen LogP contribution is -2.38. The van der Waals surface area contributed by atoms with Gasteiger partial charge in [0.1, 0.15) is 0 Å². The molecule has 1 aliphatic carbocycles. The van der Waals surface area contributed by atoms with E-state index in [-0.39, 0.29) is 0 Å². The Labute approximate surface area is 95.8 Å². The summed E-state index contributed by atoms with van der Waals surface area (Å²) in [6.45, 7) is 2.27. The third-order valence-electron chi connectivity index (χ3n) is 3.27. The molecule has 0 heterocycles. The highest BCUT2D eigenvalue weighted by Gasteiger charge is 2.38. The number of nitrogens with one attached hydrogen (secondary N) is 1. The molecule has 0 aliphatic heterocycles. The van der Waals surface area contributed by atoms with Crippen LogP contribution in [0.5, 0.6) is 0 Å². The summed E-state index contributed by atoms with van der Waals surface area (Å²) < 4.78 is 0. The second-order valence-corrected chi connectivity index (χ2v) is 4.92. The predicted octanol–water partition coefficient (Wildman–Crippen LogP) is 2.37. The van der Waals surface area contributed by atoms with Crippen molar-refractivity contribution in [2.45, 2.75) is 25.8 Å². The quantitative estimate of drug-likeness (QED) is 0.609. The Morgan fingerprint density at radius 3 is 2.53 bits per heavy atom. The standard InChI is InChI=1S/C12H17ClN2/c1-8-6-11(8)12(15-14)7-9-2-4-10(13)5-3-9/h2-5,8,11-12,15H,6-7,14H2,1H3. The van der Waals surface area contributed by atoms with E-state index < -0.39 is 0 Å². The molecule has 3 N–H and O–H groups in total. The van der Waals surface area contributed by atoms with E-state index in [2.05, 4.69) is 24.5 Å². The zero-order chi connectivity index (χ0) is 10.8. The van der Waals surface area contributed by atoms with E-state index in [1.165, 1.54) is 12.0 Å². The maximum absolute atomic E-state index is 5.84. The topological polar surface area (TPSA) is 38.0 Å². The molecule has 0 spiro atoms. The highest BCUT2D eigenvalue weighted by Crippen LogP contribution is 2.41. The summed E-state index contributed by atoms with van der Waals surface area (Å²) in [5.74, 6) is 7.14. The van der Waals surface area contributed by atoms with Gasteiger partial charge in [-0.2, -0.15) is 0 Å². The number of rotatable bonds is 4. The lowest BCUT2D eigenvalue weighted by Gasteiger charge is -2.15. The Kier molecular flexibility index (Phi) is 3.29. The molecule has 3 atom stereocenters. The molecule has 2 nitrogen and oxygen atoms in total. The largest absolute Gasteiger partial charge is 0.271 e. The van der Waals surface area contributed by atoms with Gasteiger partial charge in [0.25, 0.3) is 0 Å². The fourth-order valence-corrected chi connectivity index (χ4v) is 2.25. The van der Waals surface area contributed by atoms with Gasteiger partial charge in [0.2, 0.25) is 0 Å². The van der Waals surface area contributed by atoms with Gasteiger partial charge in [-0.25, -0.2) is 0 Å². The minimum Gasteiger partial charge on any atom is -0.271 e. The number of benzene rings is 1. The first kappa shape index (κ1) is 10.9. The average molecular weight is 225 g/mol. The molecule has 0 bridgehead atoms. The Morgan fingerprint density at radius 1 is 1.47 bits per heavy atom. The maximum atomic E-state index is 5.84. The van der Waals surface area contributed by atoms with Crippen LogP contribution in [0.1, 0.15) is 18.9 Å². The first-order valence-corrected chi connectivity index (χ1v) is 5.79. The van der Waals surface area contributed by atoms with Crippen LogP contribution >= 0.6 is 11.6 Å². The van der Waals surface area contributed by atoms with Gasteiger partial charge in [-0.3, -0.25) is 11.3 Å². The van der Waals surface area contributed by atoms with Crippen molar-refractivity contribution in [3.05, 3.63) is 34.9 Å². The molecule has 15 heavy (non-hydrogen) atoms. The Balaban J connectivity index is 1.97. The molecule has 3 heteroatoms. The van der Waals surface area contributed by atoms with E-state index in [0.717, 1.165) is 23.3 Å². The summed E-state index contributed by atoms with van der Waals surface area (Å²) in [7, 11) is 0. The zero-order valence-corrected chi connectivity index (χ0v) is 9.67. The molecule has 1 aliphatic rings. The molecule has 3 unspecified atom stereocenters. The molecule has 1 aromatic rings. The number of halogens is 1. The van der Waals surface area contributed by atoms with Crippen molar-refractivity contribution >= 4 is 11.6 Å². The van der Waals surface area contributed by atoms with E-state index in [0.29, 0.717) is 6.04 Å². The van der Waals surface area contributed by atoms with Crippen molar-refractivity contribution in [3.63, 3.8) is 0 Å². The second-order valence-electron chi connectivity index (χ2n) is 4.48. The molecule has 0 radical (unpaired) electrons. The molecule has 1 fully saturated rings. The summed E-state index contributed by atoms with van der Waals surface area (Å²) in [6, 6.07) is 8.40. The van der Waals surface area contributed by atoms with Crippen LogP contribution in [-0.2, 0) is 6.42 Å². The van der Waals surface area contributed by atoms with Crippen molar-refractivity contribution < 1.29 is 0 Å². The van der Waals surface area contributed by atoms with Crippen LogP contribution in [0.15, 0.2) is 24.3 Å². The smallest absolute Gasteiger partial charge is 0.0406 e. The SMILES string of the molecule is CC1CC1C(Cc1ccc(Cl)cc1)NN. The molecular weight excluding hydrogens is 208 g/mol. The van der Waals surface area contributed by atoms with Crippen LogP contribution in [0.25, 0.3) is 0 Å². The monoisotopic (exact) mass is 224 g/mol. The first-order valence-electron chi connectivity index (χ1n) is 5.41. The fraction of sp³-hybridized carbons (Fsp3) is 0.500. The molecular formula is C12H17ClN2. The van der Waals surface area contributed by atoms with Gasteiger partial charge in [0, 0.05) is 11.1 Å². The number of nitrogens with two attached hydrogens (primary N) is 1. The highest BCUT2D eigenvalue weighted by molar-refractivity contribution is 6.30. The molecule has 1 aromatic carbocycles. The van der Waals surface area contributed by atoms with E-state index in [1.807, 2.05) is 12.1 Å². The molecule has 0 aromatic heterocycles. The number of hydrazine groups is 1. The normalized spacial score (nSPS) is 26.3. The lowest BCUT2D eigenvalue weighted by molar-refractivity contribution is 0.454. The van der Waals surface area contributed by atoms with Gasteiger partial charge < -0.3 is 0 Å².